The Labute approximate surface area is 116 Å². The second-order valence-electron chi connectivity index (χ2n) is 5.93. The fourth-order valence-corrected chi connectivity index (χ4v) is 2.67. The third-order valence-corrected chi connectivity index (χ3v) is 3.80. The number of nitrogens with zero attached hydrogens (tertiary/aromatic N) is 2. The van der Waals surface area contributed by atoms with Gasteiger partial charge in [0, 0.05) is 17.9 Å². The summed E-state index contributed by atoms with van der Waals surface area (Å²) in [5.41, 5.74) is 7.38. The molecule has 0 amide bonds. The maximum Gasteiger partial charge on any atom is 0.127 e. The van der Waals surface area contributed by atoms with Crippen molar-refractivity contribution in [3.05, 3.63) is 11.5 Å². The average Bonchev–Trinajstić information content (AvgIpc) is 2.56. The van der Waals surface area contributed by atoms with Crippen LogP contribution in [0.3, 0.4) is 0 Å². The fourth-order valence-electron chi connectivity index (χ4n) is 2.04. The van der Waals surface area contributed by atoms with Crippen LogP contribution in [0.1, 0.15) is 59.1 Å². The van der Waals surface area contributed by atoms with Gasteiger partial charge < -0.3 is 10.3 Å². The summed E-state index contributed by atoms with van der Waals surface area (Å²) in [6, 6.07) is 0.360. The fraction of sp³-hybridized carbons (Fsp3) is 0.786. The van der Waals surface area contributed by atoms with Crippen LogP contribution in [0.25, 0.3) is 0 Å². The lowest BCUT2D eigenvalue weighted by Crippen LogP contribution is -2.21. The molecule has 1 aromatic heterocycles. The van der Waals surface area contributed by atoms with E-state index in [4.69, 9.17) is 10.7 Å². The van der Waals surface area contributed by atoms with Gasteiger partial charge in [0.1, 0.15) is 11.6 Å². The number of nitrogen functional groups attached to an aromatic ring is 1. The van der Waals surface area contributed by atoms with Crippen molar-refractivity contribution in [2.45, 2.75) is 59.4 Å². The minimum Gasteiger partial charge on any atom is -0.384 e. The first-order chi connectivity index (χ1) is 8.29. The standard InChI is InChI=1S/C14H27N3S/c1-7-18-9-8-11-12(15)17(10(2)3)13(16-11)14(4,5)6/h10H,7-9,15H2,1-6H3. The minimum absolute atomic E-state index is 0.0362. The molecule has 104 valence electrons. The predicted octanol–water partition coefficient (Wildman–Crippen LogP) is 3.64. The molecule has 0 atom stereocenters. The van der Waals surface area contributed by atoms with Gasteiger partial charge in [-0.2, -0.15) is 11.8 Å². The Bertz CT molecular complexity index is 388. The van der Waals surface area contributed by atoms with Crippen LogP contribution < -0.4 is 5.73 Å². The Hall–Kier alpha value is -0.640. The molecule has 0 aliphatic heterocycles. The van der Waals surface area contributed by atoms with Crippen molar-refractivity contribution in [2.75, 3.05) is 17.2 Å². The summed E-state index contributed by atoms with van der Waals surface area (Å²) < 4.78 is 2.19. The number of hydrogen-bond donors (Lipinski definition) is 1. The second kappa shape index (κ2) is 6.00. The van der Waals surface area contributed by atoms with Gasteiger partial charge in [-0.1, -0.05) is 27.7 Å². The van der Waals surface area contributed by atoms with Crippen molar-refractivity contribution in [3.63, 3.8) is 0 Å². The summed E-state index contributed by atoms with van der Waals surface area (Å²) >= 11 is 1.94. The number of aromatic nitrogens is 2. The van der Waals surface area contributed by atoms with E-state index < -0.39 is 0 Å². The molecule has 2 N–H and O–H groups in total. The smallest absolute Gasteiger partial charge is 0.127 e. The zero-order valence-corrected chi connectivity index (χ0v) is 13.4. The highest BCUT2D eigenvalue weighted by Crippen LogP contribution is 2.29. The van der Waals surface area contributed by atoms with Crippen LogP contribution in [0.4, 0.5) is 5.82 Å². The van der Waals surface area contributed by atoms with Crippen LogP contribution >= 0.6 is 11.8 Å². The Morgan fingerprint density at radius 3 is 2.33 bits per heavy atom. The molecular formula is C14H27N3S. The largest absolute Gasteiger partial charge is 0.384 e. The third-order valence-electron chi connectivity index (χ3n) is 2.90. The van der Waals surface area contributed by atoms with Gasteiger partial charge in [0.15, 0.2) is 0 Å². The van der Waals surface area contributed by atoms with Gasteiger partial charge in [-0.15, -0.1) is 0 Å². The number of imidazole rings is 1. The molecule has 0 aliphatic rings. The zero-order chi connectivity index (χ0) is 13.9. The van der Waals surface area contributed by atoms with Crippen molar-refractivity contribution in [1.29, 1.82) is 0 Å². The summed E-state index contributed by atoms with van der Waals surface area (Å²) in [4.78, 5) is 4.80. The molecule has 0 saturated carbocycles. The Morgan fingerprint density at radius 1 is 1.33 bits per heavy atom. The Kier molecular flexibility index (Phi) is 5.14. The molecule has 0 aliphatic carbocycles. The van der Waals surface area contributed by atoms with Crippen molar-refractivity contribution in [2.24, 2.45) is 0 Å². The maximum atomic E-state index is 6.28. The highest BCUT2D eigenvalue weighted by Gasteiger charge is 2.25. The van der Waals surface area contributed by atoms with Crippen LogP contribution in [0.15, 0.2) is 0 Å². The lowest BCUT2D eigenvalue weighted by atomic mass is 9.95. The van der Waals surface area contributed by atoms with Gasteiger partial charge in [-0.05, 0) is 25.4 Å². The van der Waals surface area contributed by atoms with Crippen LogP contribution in [0, 0.1) is 0 Å². The van der Waals surface area contributed by atoms with Crippen molar-refractivity contribution < 1.29 is 0 Å². The van der Waals surface area contributed by atoms with E-state index in [2.05, 4.69) is 46.1 Å². The minimum atomic E-state index is 0.0362. The Balaban J connectivity index is 3.08. The number of rotatable bonds is 5. The normalized spacial score (nSPS) is 12.4. The quantitative estimate of drug-likeness (QED) is 0.830. The number of nitrogens with two attached hydrogens (primary N) is 1. The molecule has 18 heavy (non-hydrogen) atoms. The topological polar surface area (TPSA) is 43.8 Å². The van der Waals surface area contributed by atoms with Gasteiger partial charge >= 0.3 is 0 Å². The van der Waals surface area contributed by atoms with E-state index >= 15 is 0 Å². The number of hydrogen-bond acceptors (Lipinski definition) is 3. The van der Waals surface area contributed by atoms with Gasteiger partial charge in [0.2, 0.25) is 0 Å². The molecule has 0 saturated heterocycles. The number of anilines is 1. The molecule has 0 radical (unpaired) electrons. The zero-order valence-electron chi connectivity index (χ0n) is 12.6. The molecule has 1 heterocycles. The summed E-state index contributed by atoms with van der Waals surface area (Å²) in [7, 11) is 0. The van der Waals surface area contributed by atoms with Gasteiger partial charge in [-0.25, -0.2) is 4.98 Å². The lowest BCUT2D eigenvalue weighted by molar-refractivity contribution is 0.472. The van der Waals surface area contributed by atoms with Crippen molar-refractivity contribution >= 4 is 17.6 Å². The van der Waals surface area contributed by atoms with Crippen LogP contribution in [-0.2, 0) is 11.8 Å². The first kappa shape index (κ1) is 15.4. The molecule has 0 fully saturated rings. The summed E-state index contributed by atoms with van der Waals surface area (Å²) in [5, 5.41) is 0. The predicted molar refractivity (Wildman–Crippen MR) is 82.4 cm³/mol. The van der Waals surface area contributed by atoms with Gasteiger partial charge in [0.05, 0.1) is 5.69 Å². The second-order valence-corrected chi connectivity index (χ2v) is 7.32. The highest BCUT2D eigenvalue weighted by atomic mass is 32.2. The number of aryl methyl sites for hydroxylation is 1. The molecule has 0 spiro atoms. The molecule has 4 heteroatoms. The molecule has 0 aromatic carbocycles. The van der Waals surface area contributed by atoms with Gasteiger partial charge in [0.25, 0.3) is 0 Å². The van der Waals surface area contributed by atoms with E-state index in [1.807, 2.05) is 11.8 Å². The first-order valence-corrected chi connectivity index (χ1v) is 7.89. The van der Waals surface area contributed by atoms with E-state index in [1.54, 1.807) is 0 Å². The molecule has 3 nitrogen and oxygen atoms in total. The first-order valence-electron chi connectivity index (χ1n) is 6.73. The maximum absolute atomic E-state index is 6.28. The Morgan fingerprint density at radius 2 is 1.94 bits per heavy atom. The third kappa shape index (κ3) is 3.44. The van der Waals surface area contributed by atoms with Crippen molar-refractivity contribution in [3.8, 4) is 0 Å². The molecule has 1 aromatic rings. The number of thioether (sulfide) groups is 1. The SMILES string of the molecule is CCSCCc1nc(C(C)(C)C)n(C(C)C)c1N. The van der Waals surface area contributed by atoms with Crippen LogP contribution in [0.2, 0.25) is 0 Å². The van der Waals surface area contributed by atoms with Crippen LogP contribution in [-0.4, -0.2) is 21.1 Å². The van der Waals surface area contributed by atoms with Gasteiger partial charge in [-0.3, -0.25) is 0 Å². The van der Waals surface area contributed by atoms with Crippen LogP contribution in [0.5, 0.6) is 0 Å². The lowest BCUT2D eigenvalue weighted by Gasteiger charge is -2.22. The summed E-state index contributed by atoms with van der Waals surface area (Å²) in [6.07, 6.45) is 0.965. The monoisotopic (exact) mass is 269 g/mol. The van der Waals surface area contributed by atoms with E-state index in [0.29, 0.717) is 6.04 Å². The molecular weight excluding hydrogens is 242 g/mol. The highest BCUT2D eigenvalue weighted by molar-refractivity contribution is 7.99. The average molecular weight is 269 g/mol. The van der Waals surface area contributed by atoms with E-state index in [9.17, 15) is 0 Å². The van der Waals surface area contributed by atoms with E-state index in [1.165, 1.54) is 0 Å². The molecule has 0 bridgehead atoms. The summed E-state index contributed by atoms with van der Waals surface area (Å²) in [5.74, 6) is 4.20. The van der Waals surface area contributed by atoms with E-state index in [-0.39, 0.29) is 5.41 Å². The van der Waals surface area contributed by atoms with E-state index in [0.717, 1.165) is 35.3 Å². The molecule has 1 rings (SSSR count). The molecule has 0 unspecified atom stereocenters. The summed E-state index contributed by atoms with van der Waals surface area (Å²) in [6.45, 7) is 13.1. The van der Waals surface area contributed by atoms with Crippen molar-refractivity contribution in [1.82, 2.24) is 9.55 Å².